The molecule has 3 rings (SSSR count). The fourth-order valence-electron chi connectivity index (χ4n) is 3.47. The van der Waals surface area contributed by atoms with Crippen LogP contribution < -0.4 is 4.74 Å². The summed E-state index contributed by atoms with van der Waals surface area (Å²) < 4.78 is 21.3. The standard InChI is InChI=1S/C20H27FN2O/c1-2-7-19-13-20(24-15-17-10-6-11-18(21)12-17)23(22-19)14-16-8-4-3-5-9-16/h6,10-13,16H,2-5,7-9,14-15H2,1H3. The second-order valence-corrected chi connectivity index (χ2v) is 6.83. The van der Waals surface area contributed by atoms with E-state index in [2.05, 4.69) is 6.92 Å². The fourth-order valence-corrected chi connectivity index (χ4v) is 3.47. The maximum atomic E-state index is 13.3. The quantitative estimate of drug-likeness (QED) is 0.703. The first-order valence-corrected chi connectivity index (χ1v) is 9.18. The largest absolute Gasteiger partial charge is 0.473 e. The normalized spacial score (nSPS) is 15.6. The molecule has 1 fully saturated rings. The molecule has 0 unspecified atom stereocenters. The molecule has 0 aliphatic heterocycles. The summed E-state index contributed by atoms with van der Waals surface area (Å²) in [6, 6.07) is 8.63. The van der Waals surface area contributed by atoms with Crippen molar-refractivity contribution in [2.45, 2.75) is 65.0 Å². The Kier molecular flexibility index (Phi) is 5.89. The number of nitrogens with zero attached hydrogens (tertiary/aromatic N) is 2. The van der Waals surface area contributed by atoms with E-state index in [4.69, 9.17) is 9.84 Å². The van der Waals surface area contributed by atoms with Gasteiger partial charge in [-0.25, -0.2) is 9.07 Å². The van der Waals surface area contributed by atoms with Gasteiger partial charge >= 0.3 is 0 Å². The van der Waals surface area contributed by atoms with Gasteiger partial charge in [0.1, 0.15) is 12.4 Å². The van der Waals surface area contributed by atoms with Gasteiger partial charge in [-0.1, -0.05) is 44.7 Å². The van der Waals surface area contributed by atoms with Crippen molar-refractivity contribution >= 4 is 0 Å². The molecule has 1 aromatic carbocycles. The smallest absolute Gasteiger partial charge is 0.212 e. The van der Waals surface area contributed by atoms with Crippen LogP contribution in [0.1, 0.15) is 56.7 Å². The highest BCUT2D eigenvalue weighted by Gasteiger charge is 2.17. The Hall–Kier alpha value is -1.84. The summed E-state index contributed by atoms with van der Waals surface area (Å²) in [7, 11) is 0. The van der Waals surface area contributed by atoms with Gasteiger partial charge in [-0.05, 0) is 42.9 Å². The van der Waals surface area contributed by atoms with Crippen molar-refractivity contribution in [1.29, 1.82) is 0 Å². The van der Waals surface area contributed by atoms with Gasteiger partial charge in [-0.15, -0.1) is 0 Å². The van der Waals surface area contributed by atoms with Gasteiger partial charge < -0.3 is 4.74 Å². The first-order chi connectivity index (χ1) is 11.7. The van der Waals surface area contributed by atoms with Crippen LogP contribution in [0.3, 0.4) is 0 Å². The number of aryl methyl sites for hydroxylation is 1. The molecule has 1 heterocycles. The number of ether oxygens (including phenoxy) is 1. The molecular weight excluding hydrogens is 303 g/mol. The molecule has 0 N–H and O–H groups in total. The van der Waals surface area contributed by atoms with Crippen molar-refractivity contribution in [3.05, 3.63) is 47.4 Å². The monoisotopic (exact) mass is 330 g/mol. The lowest BCUT2D eigenvalue weighted by Crippen LogP contribution is -2.16. The molecule has 1 aliphatic rings. The zero-order chi connectivity index (χ0) is 16.8. The lowest BCUT2D eigenvalue weighted by molar-refractivity contribution is 0.245. The summed E-state index contributed by atoms with van der Waals surface area (Å²) in [6.07, 6.45) is 8.62. The van der Waals surface area contributed by atoms with Gasteiger partial charge in [0, 0.05) is 12.6 Å². The van der Waals surface area contributed by atoms with Crippen molar-refractivity contribution in [1.82, 2.24) is 9.78 Å². The van der Waals surface area contributed by atoms with Crippen molar-refractivity contribution in [2.24, 2.45) is 5.92 Å². The Bertz CT molecular complexity index is 647. The molecule has 24 heavy (non-hydrogen) atoms. The minimum atomic E-state index is -0.224. The van der Waals surface area contributed by atoms with E-state index >= 15 is 0 Å². The molecule has 1 aliphatic carbocycles. The van der Waals surface area contributed by atoms with Gasteiger partial charge in [0.15, 0.2) is 0 Å². The van der Waals surface area contributed by atoms with Gasteiger partial charge in [0.2, 0.25) is 5.88 Å². The summed E-state index contributed by atoms with van der Waals surface area (Å²) in [5.41, 5.74) is 1.93. The third-order valence-electron chi connectivity index (χ3n) is 4.73. The second kappa shape index (κ2) is 8.32. The van der Waals surface area contributed by atoms with E-state index in [0.717, 1.165) is 36.5 Å². The molecule has 1 aromatic heterocycles. The van der Waals surface area contributed by atoms with E-state index in [1.165, 1.54) is 44.2 Å². The van der Waals surface area contributed by atoms with Crippen molar-refractivity contribution < 1.29 is 9.13 Å². The molecule has 2 aromatic rings. The van der Waals surface area contributed by atoms with Gasteiger partial charge in [-0.3, -0.25) is 0 Å². The lowest BCUT2D eigenvalue weighted by atomic mass is 9.89. The van der Waals surface area contributed by atoms with Crippen molar-refractivity contribution in [2.75, 3.05) is 0 Å². The summed E-state index contributed by atoms with van der Waals surface area (Å²) >= 11 is 0. The molecular formula is C20H27FN2O. The van der Waals surface area contributed by atoms with E-state index < -0.39 is 0 Å². The Morgan fingerprint density at radius 3 is 2.79 bits per heavy atom. The highest BCUT2D eigenvalue weighted by Crippen LogP contribution is 2.27. The van der Waals surface area contributed by atoms with E-state index in [-0.39, 0.29) is 5.82 Å². The molecule has 0 radical (unpaired) electrons. The molecule has 0 spiro atoms. The topological polar surface area (TPSA) is 27.1 Å². The number of hydrogen-bond donors (Lipinski definition) is 0. The van der Waals surface area contributed by atoms with Crippen LogP contribution in [0.15, 0.2) is 30.3 Å². The van der Waals surface area contributed by atoms with Crippen LogP contribution in [0.25, 0.3) is 0 Å². The van der Waals surface area contributed by atoms with Crippen LogP contribution in [0.5, 0.6) is 5.88 Å². The Morgan fingerprint density at radius 2 is 2.04 bits per heavy atom. The maximum absolute atomic E-state index is 13.3. The number of rotatable bonds is 7. The highest BCUT2D eigenvalue weighted by atomic mass is 19.1. The van der Waals surface area contributed by atoms with Gasteiger partial charge in [0.05, 0.1) is 5.69 Å². The van der Waals surface area contributed by atoms with Crippen LogP contribution in [-0.2, 0) is 19.6 Å². The zero-order valence-electron chi connectivity index (χ0n) is 14.5. The van der Waals surface area contributed by atoms with E-state index in [9.17, 15) is 4.39 Å². The van der Waals surface area contributed by atoms with E-state index in [1.54, 1.807) is 6.07 Å². The second-order valence-electron chi connectivity index (χ2n) is 6.83. The third-order valence-corrected chi connectivity index (χ3v) is 4.73. The number of halogens is 1. The van der Waals surface area contributed by atoms with Crippen LogP contribution in [0.4, 0.5) is 4.39 Å². The predicted octanol–water partition coefficient (Wildman–Crippen LogP) is 5.13. The van der Waals surface area contributed by atoms with Gasteiger partial charge in [0.25, 0.3) is 0 Å². The van der Waals surface area contributed by atoms with Crippen LogP contribution in [0.2, 0.25) is 0 Å². The van der Waals surface area contributed by atoms with Crippen molar-refractivity contribution in [3.8, 4) is 5.88 Å². The molecule has 0 amide bonds. The van der Waals surface area contributed by atoms with E-state index in [0.29, 0.717) is 12.5 Å². The molecule has 1 saturated carbocycles. The molecule has 130 valence electrons. The average Bonchev–Trinajstić information content (AvgIpc) is 2.96. The maximum Gasteiger partial charge on any atom is 0.212 e. The first-order valence-electron chi connectivity index (χ1n) is 9.18. The molecule has 0 bridgehead atoms. The van der Waals surface area contributed by atoms with Crippen molar-refractivity contribution in [3.63, 3.8) is 0 Å². The average molecular weight is 330 g/mol. The Balaban J connectivity index is 1.69. The predicted molar refractivity (Wildman–Crippen MR) is 93.5 cm³/mol. The first kappa shape index (κ1) is 17.0. The van der Waals surface area contributed by atoms with E-state index in [1.807, 2.05) is 16.8 Å². The zero-order valence-corrected chi connectivity index (χ0v) is 14.5. The number of aromatic nitrogens is 2. The summed E-state index contributed by atoms with van der Waals surface area (Å²) in [5, 5.41) is 4.74. The summed E-state index contributed by atoms with van der Waals surface area (Å²) in [6.45, 7) is 3.47. The summed E-state index contributed by atoms with van der Waals surface area (Å²) in [4.78, 5) is 0. The van der Waals surface area contributed by atoms with Crippen LogP contribution in [-0.4, -0.2) is 9.78 Å². The lowest BCUT2D eigenvalue weighted by Gasteiger charge is -2.22. The van der Waals surface area contributed by atoms with Crippen LogP contribution in [0, 0.1) is 11.7 Å². The summed E-state index contributed by atoms with van der Waals surface area (Å²) in [5.74, 6) is 1.29. The molecule has 0 atom stereocenters. The SMILES string of the molecule is CCCc1cc(OCc2cccc(F)c2)n(CC2CCCCC2)n1. The van der Waals surface area contributed by atoms with Crippen LogP contribution >= 0.6 is 0 Å². The molecule has 4 heteroatoms. The Labute approximate surface area is 143 Å². The van der Waals surface area contributed by atoms with Gasteiger partial charge in [-0.2, -0.15) is 5.10 Å². The number of benzene rings is 1. The third kappa shape index (κ3) is 4.59. The minimum absolute atomic E-state index is 0.224. The fraction of sp³-hybridized carbons (Fsp3) is 0.550. The molecule has 3 nitrogen and oxygen atoms in total. The Morgan fingerprint density at radius 1 is 1.21 bits per heavy atom. The highest BCUT2D eigenvalue weighted by molar-refractivity contribution is 5.19. The minimum Gasteiger partial charge on any atom is -0.473 e. The number of hydrogen-bond acceptors (Lipinski definition) is 2. The molecule has 0 saturated heterocycles.